The maximum atomic E-state index is 12.4. The second-order valence-corrected chi connectivity index (χ2v) is 6.04. The first-order chi connectivity index (χ1) is 12.7. The summed E-state index contributed by atoms with van der Waals surface area (Å²) in [7, 11) is 0. The van der Waals surface area contributed by atoms with Crippen molar-refractivity contribution >= 4 is 21.7 Å². The van der Waals surface area contributed by atoms with E-state index in [1.807, 2.05) is 42.5 Å². The van der Waals surface area contributed by atoms with E-state index in [-0.39, 0.29) is 18.7 Å². The molecule has 0 aliphatic carbocycles. The summed E-state index contributed by atoms with van der Waals surface area (Å²) in [6, 6.07) is 17.1. The average Bonchev–Trinajstić information content (AvgIpc) is 2.68. The summed E-state index contributed by atoms with van der Waals surface area (Å²) in [5.41, 5.74) is 0.260. The number of nitrogens with zero attached hydrogens (tertiary/aromatic N) is 3. The summed E-state index contributed by atoms with van der Waals surface area (Å²) in [5, 5.41) is 17.0. The average molecular weight is 347 g/mol. The molecular formula is C20H17N3O3. The van der Waals surface area contributed by atoms with Crippen molar-refractivity contribution in [3.63, 3.8) is 0 Å². The molecule has 0 spiro atoms. The van der Waals surface area contributed by atoms with Gasteiger partial charge in [0.1, 0.15) is 18.5 Å². The lowest BCUT2D eigenvalue weighted by Gasteiger charge is -2.14. The molecule has 0 amide bonds. The zero-order chi connectivity index (χ0) is 17.9. The maximum absolute atomic E-state index is 12.4. The Morgan fingerprint density at radius 1 is 1.08 bits per heavy atom. The van der Waals surface area contributed by atoms with E-state index in [1.165, 1.54) is 10.9 Å². The molecule has 2 aromatic heterocycles. The normalized spacial score (nSPS) is 12.3. The summed E-state index contributed by atoms with van der Waals surface area (Å²) < 4.78 is 6.90. The number of rotatable bonds is 5. The highest BCUT2D eigenvalue weighted by molar-refractivity contribution is 5.83. The number of benzene rings is 2. The molecule has 0 aliphatic heterocycles. The van der Waals surface area contributed by atoms with Crippen LogP contribution >= 0.6 is 0 Å². The minimum absolute atomic E-state index is 0.0528. The van der Waals surface area contributed by atoms with Crippen molar-refractivity contribution in [1.29, 1.82) is 0 Å². The molecule has 4 aromatic rings. The summed E-state index contributed by atoms with van der Waals surface area (Å²) in [4.78, 5) is 16.5. The summed E-state index contributed by atoms with van der Waals surface area (Å²) in [6.45, 7) is 0.120. The molecule has 1 atom stereocenters. The van der Waals surface area contributed by atoms with Crippen molar-refractivity contribution in [2.45, 2.75) is 12.6 Å². The van der Waals surface area contributed by atoms with E-state index in [0.29, 0.717) is 16.7 Å². The molecule has 1 N–H and O–H groups in total. The fraction of sp³-hybridized carbons (Fsp3) is 0.150. The van der Waals surface area contributed by atoms with E-state index in [4.69, 9.17) is 4.74 Å². The van der Waals surface area contributed by atoms with Crippen molar-refractivity contribution in [3.8, 4) is 5.75 Å². The number of hydrogen-bond donors (Lipinski definition) is 1. The third-order valence-electron chi connectivity index (χ3n) is 4.17. The van der Waals surface area contributed by atoms with Gasteiger partial charge in [0.05, 0.1) is 23.6 Å². The SMILES string of the molecule is O=c1c2cccnc2cnn1CC(O)COc1ccc2ccccc2c1. The van der Waals surface area contributed by atoms with Crippen molar-refractivity contribution in [1.82, 2.24) is 14.8 Å². The minimum Gasteiger partial charge on any atom is -0.491 e. The summed E-state index contributed by atoms with van der Waals surface area (Å²) in [5.74, 6) is 0.672. The van der Waals surface area contributed by atoms with Crippen LogP contribution in [0.25, 0.3) is 21.7 Å². The summed E-state index contributed by atoms with van der Waals surface area (Å²) in [6.07, 6.45) is 2.27. The Hall–Kier alpha value is -3.25. The quantitative estimate of drug-likeness (QED) is 0.600. The van der Waals surface area contributed by atoms with Gasteiger partial charge >= 0.3 is 0 Å². The Kier molecular flexibility index (Phi) is 4.33. The van der Waals surface area contributed by atoms with Gasteiger partial charge in [0, 0.05) is 6.20 Å². The van der Waals surface area contributed by atoms with Crippen LogP contribution in [-0.4, -0.2) is 32.6 Å². The molecule has 1 unspecified atom stereocenters. The van der Waals surface area contributed by atoms with Crippen molar-refractivity contribution in [2.75, 3.05) is 6.61 Å². The van der Waals surface area contributed by atoms with Gasteiger partial charge in [-0.05, 0) is 35.0 Å². The van der Waals surface area contributed by atoms with Gasteiger partial charge in [-0.2, -0.15) is 5.10 Å². The Labute approximate surface area is 149 Å². The number of aliphatic hydroxyl groups is 1. The fourth-order valence-electron chi connectivity index (χ4n) is 2.85. The Morgan fingerprint density at radius 3 is 2.81 bits per heavy atom. The molecule has 6 heteroatoms. The molecule has 0 aliphatic rings. The molecule has 0 radical (unpaired) electrons. The second-order valence-electron chi connectivity index (χ2n) is 6.04. The van der Waals surface area contributed by atoms with E-state index < -0.39 is 6.10 Å². The Morgan fingerprint density at radius 2 is 1.92 bits per heavy atom. The number of fused-ring (bicyclic) bond motifs is 2. The van der Waals surface area contributed by atoms with Crippen LogP contribution in [-0.2, 0) is 6.54 Å². The van der Waals surface area contributed by atoms with E-state index in [9.17, 15) is 9.90 Å². The van der Waals surface area contributed by atoms with Crippen LogP contribution in [0.2, 0.25) is 0 Å². The lowest BCUT2D eigenvalue weighted by atomic mass is 10.1. The molecule has 0 saturated carbocycles. The standard InChI is InChI=1S/C20H17N3O3/c24-16(12-23-20(25)18-6-3-9-21-19(18)11-22-23)13-26-17-8-7-14-4-1-2-5-15(14)10-17/h1-11,16,24H,12-13H2. The highest BCUT2D eigenvalue weighted by Crippen LogP contribution is 2.20. The predicted molar refractivity (Wildman–Crippen MR) is 99.2 cm³/mol. The van der Waals surface area contributed by atoms with Gasteiger partial charge in [-0.3, -0.25) is 9.78 Å². The van der Waals surface area contributed by atoms with Crippen LogP contribution in [0, 0.1) is 0 Å². The fourth-order valence-corrected chi connectivity index (χ4v) is 2.85. The lowest BCUT2D eigenvalue weighted by molar-refractivity contribution is 0.0882. The number of pyridine rings is 1. The van der Waals surface area contributed by atoms with Gasteiger partial charge in [0.25, 0.3) is 5.56 Å². The van der Waals surface area contributed by atoms with Crippen molar-refractivity contribution < 1.29 is 9.84 Å². The van der Waals surface area contributed by atoms with E-state index in [0.717, 1.165) is 10.8 Å². The van der Waals surface area contributed by atoms with Crippen LogP contribution in [0.5, 0.6) is 5.75 Å². The van der Waals surface area contributed by atoms with Crippen LogP contribution in [0.15, 0.2) is 71.8 Å². The molecule has 0 saturated heterocycles. The van der Waals surface area contributed by atoms with Crippen LogP contribution in [0.1, 0.15) is 0 Å². The largest absolute Gasteiger partial charge is 0.491 e. The van der Waals surface area contributed by atoms with E-state index >= 15 is 0 Å². The van der Waals surface area contributed by atoms with Gasteiger partial charge in [-0.1, -0.05) is 30.3 Å². The molecule has 130 valence electrons. The van der Waals surface area contributed by atoms with Gasteiger partial charge in [0.15, 0.2) is 0 Å². The van der Waals surface area contributed by atoms with Gasteiger partial charge in [-0.15, -0.1) is 0 Å². The molecule has 0 fully saturated rings. The van der Waals surface area contributed by atoms with Crippen molar-refractivity contribution in [2.24, 2.45) is 0 Å². The van der Waals surface area contributed by atoms with Crippen LogP contribution in [0.3, 0.4) is 0 Å². The molecule has 2 heterocycles. The second kappa shape index (κ2) is 6.93. The zero-order valence-electron chi connectivity index (χ0n) is 13.9. The van der Waals surface area contributed by atoms with Crippen LogP contribution in [0.4, 0.5) is 0 Å². The summed E-state index contributed by atoms with van der Waals surface area (Å²) >= 11 is 0. The number of hydrogen-bond acceptors (Lipinski definition) is 5. The zero-order valence-corrected chi connectivity index (χ0v) is 13.9. The highest BCUT2D eigenvalue weighted by Gasteiger charge is 2.11. The molecular weight excluding hydrogens is 330 g/mol. The van der Waals surface area contributed by atoms with Crippen LogP contribution < -0.4 is 10.3 Å². The third kappa shape index (κ3) is 3.27. The van der Waals surface area contributed by atoms with Gasteiger partial charge in [-0.25, -0.2) is 4.68 Å². The van der Waals surface area contributed by atoms with Gasteiger partial charge < -0.3 is 9.84 Å². The van der Waals surface area contributed by atoms with Gasteiger partial charge in [0.2, 0.25) is 0 Å². The topological polar surface area (TPSA) is 77.2 Å². The third-order valence-corrected chi connectivity index (χ3v) is 4.17. The monoisotopic (exact) mass is 347 g/mol. The first-order valence-electron chi connectivity index (χ1n) is 8.31. The smallest absolute Gasteiger partial charge is 0.276 e. The Balaban J connectivity index is 1.46. The molecule has 26 heavy (non-hydrogen) atoms. The first kappa shape index (κ1) is 16.2. The Bertz CT molecular complexity index is 1120. The van der Waals surface area contributed by atoms with Crippen molar-refractivity contribution in [3.05, 3.63) is 77.3 Å². The highest BCUT2D eigenvalue weighted by atomic mass is 16.5. The molecule has 6 nitrogen and oxygen atoms in total. The van der Waals surface area contributed by atoms with E-state index in [1.54, 1.807) is 18.3 Å². The lowest BCUT2D eigenvalue weighted by Crippen LogP contribution is -2.31. The first-order valence-corrected chi connectivity index (χ1v) is 8.31. The molecule has 0 bridgehead atoms. The van der Waals surface area contributed by atoms with E-state index in [2.05, 4.69) is 10.1 Å². The number of aromatic nitrogens is 3. The maximum Gasteiger partial charge on any atom is 0.276 e. The molecule has 4 rings (SSSR count). The minimum atomic E-state index is -0.860. The number of ether oxygens (including phenoxy) is 1. The number of aliphatic hydroxyl groups excluding tert-OH is 1. The predicted octanol–water partition coefficient (Wildman–Crippen LogP) is 2.38. The molecule has 2 aromatic carbocycles.